The van der Waals surface area contributed by atoms with Crippen LogP contribution in [0.3, 0.4) is 0 Å². The first-order valence-corrected chi connectivity index (χ1v) is 7.93. The number of ether oxygens (including phenoxy) is 1. The van der Waals surface area contributed by atoms with E-state index in [0.717, 1.165) is 23.8 Å². The van der Waals surface area contributed by atoms with Gasteiger partial charge in [-0.25, -0.2) is 17.6 Å². The number of benzene rings is 2. The number of carboxylic acid groups (broad SMARTS) is 1. The smallest absolute Gasteiger partial charge is 0.338 e. The van der Waals surface area contributed by atoms with Crippen LogP contribution in [-0.4, -0.2) is 26.6 Å². The SMILES string of the molecule is COc1cc(C)ccc1NS(=O)(=O)c1ccc(F)c(C(=O)O)c1. The van der Waals surface area contributed by atoms with E-state index in [4.69, 9.17) is 9.84 Å². The molecule has 2 rings (SSSR count). The summed E-state index contributed by atoms with van der Waals surface area (Å²) in [4.78, 5) is 10.6. The molecule has 0 radical (unpaired) electrons. The third-order valence-electron chi connectivity index (χ3n) is 3.08. The molecule has 6 nitrogen and oxygen atoms in total. The van der Waals surface area contributed by atoms with Gasteiger partial charge in [-0.3, -0.25) is 4.72 Å². The average Bonchev–Trinajstić information content (AvgIpc) is 2.48. The van der Waals surface area contributed by atoms with Gasteiger partial charge in [0.25, 0.3) is 10.0 Å². The van der Waals surface area contributed by atoms with Crippen LogP contribution >= 0.6 is 0 Å². The summed E-state index contributed by atoms with van der Waals surface area (Å²) in [5.41, 5.74) is 0.350. The zero-order valence-electron chi connectivity index (χ0n) is 12.3. The van der Waals surface area contributed by atoms with Crippen molar-refractivity contribution in [1.82, 2.24) is 0 Å². The van der Waals surface area contributed by atoms with Gasteiger partial charge in [0.1, 0.15) is 11.6 Å². The maximum Gasteiger partial charge on any atom is 0.338 e. The zero-order chi connectivity index (χ0) is 17.2. The maximum atomic E-state index is 13.4. The lowest BCUT2D eigenvalue weighted by atomic mass is 10.2. The van der Waals surface area contributed by atoms with Crippen molar-refractivity contribution in [2.24, 2.45) is 0 Å². The van der Waals surface area contributed by atoms with Gasteiger partial charge in [0.05, 0.1) is 23.3 Å². The van der Waals surface area contributed by atoms with Gasteiger partial charge in [0.15, 0.2) is 0 Å². The fraction of sp³-hybridized carbons (Fsp3) is 0.133. The van der Waals surface area contributed by atoms with Crippen molar-refractivity contribution in [3.05, 3.63) is 53.3 Å². The summed E-state index contributed by atoms with van der Waals surface area (Å²) in [6, 6.07) is 7.40. The minimum atomic E-state index is -4.09. The molecule has 2 N–H and O–H groups in total. The van der Waals surface area contributed by atoms with Crippen LogP contribution in [0.4, 0.5) is 10.1 Å². The minimum absolute atomic E-state index is 0.194. The average molecular weight is 339 g/mol. The molecule has 0 atom stereocenters. The van der Waals surface area contributed by atoms with Crippen molar-refractivity contribution in [2.75, 3.05) is 11.8 Å². The number of hydrogen-bond donors (Lipinski definition) is 2. The Morgan fingerprint density at radius 2 is 1.91 bits per heavy atom. The van der Waals surface area contributed by atoms with Gasteiger partial charge in [-0.15, -0.1) is 0 Å². The van der Waals surface area contributed by atoms with Gasteiger partial charge in [-0.1, -0.05) is 6.07 Å². The molecule has 0 fully saturated rings. The lowest BCUT2D eigenvalue weighted by molar-refractivity contribution is 0.0691. The summed E-state index contributed by atoms with van der Waals surface area (Å²) in [6.45, 7) is 1.82. The first kappa shape index (κ1) is 16.8. The lowest BCUT2D eigenvalue weighted by Gasteiger charge is -2.13. The van der Waals surface area contributed by atoms with E-state index in [2.05, 4.69) is 4.72 Å². The van der Waals surface area contributed by atoms with Crippen LogP contribution in [0.25, 0.3) is 0 Å². The number of carbonyl (C=O) groups is 1. The molecule has 0 saturated carbocycles. The summed E-state index contributed by atoms with van der Waals surface area (Å²) in [5.74, 6) is -2.24. The topological polar surface area (TPSA) is 92.7 Å². The van der Waals surface area contributed by atoms with Gasteiger partial charge in [-0.2, -0.15) is 0 Å². The molecule has 8 heteroatoms. The molecule has 0 saturated heterocycles. The zero-order valence-corrected chi connectivity index (χ0v) is 13.1. The molecule has 23 heavy (non-hydrogen) atoms. The Balaban J connectivity index is 2.44. The van der Waals surface area contributed by atoms with Crippen LogP contribution < -0.4 is 9.46 Å². The summed E-state index contributed by atoms with van der Waals surface area (Å²) in [7, 11) is -2.70. The van der Waals surface area contributed by atoms with E-state index in [0.29, 0.717) is 5.75 Å². The Morgan fingerprint density at radius 3 is 2.52 bits per heavy atom. The van der Waals surface area contributed by atoms with Crippen LogP contribution in [-0.2, 0) is 10.0 Å². The molecule has 122 valence electrons. The molecule has 0 heterocycles. The number of methoxy groups -OCH3 is 1. The summed E-state index contributed by atoms with van der Waals surface area (Å²) >= 11 is 0. The largest absolute Gasteiger partial charge is 0.495 e. The van der Waals surface area contributed by atoms with E-state index in [1.54, 1.807) is 12.1 Å². The normalized spacial score (nSPS) is 11.1. The highest BCUT2D eigenvalue weighted by molar-refractivity contribution is 7.92. The Morgan fingerprint density at radius 1 is 1.22 bits per heavy atom. The molecule has 0 amide bonds. The second-order valence-corrected chi connectivity index (χ2v) is 6.44. The summed E-state index contributed by atoms with van der Waals surface area (Å²) in [6.07, 6.45) is 0. The van der Waals surface area contributed by atoms with Gasteiger partial charge in [-0.05, 0) is 42.8 Å². The summed E-state index contributed by atoms with van der Waals surface area (Å²) in [5, 5.41) is 8.88. The second kappa shape index (κ2) is 6.25. The Hall–Kier alpha value is -2.61. The molecule has 0 aliphatic carbocycles. The molecular formula is C15H14FNO5S. The number of sulfonamides is 1. The second-order valence-electron chi connectivity index (χ2n) is 4.76. The maximum absolute atomic E-state index is 13.4. The standard InChI is InChI=1S/C15H14FNO5S/c1-9-3-6-13(14(7-9)22-2)17-23(20,21)10-4-5-12(16)11(8-10)15(18)19/h3-8,17H,1-2H3,(H,18,19). The van der Waals surface area contributed by atoms with Crippen LogP contribution in [0.1, 0.15) is 15.9 Å². The number of anilines is 1. The number of aryl methyl sites for hydroxylation is 1. The van der Waals surface area contributed by atoms with Crippen LogP contribution in [0.2, 0.25) is 0 Å². The number of halogens is 1. The van der Waals surface area contributed by atoms with Gasteiger partial charge >= 0.3 is 5.97 Å². The number of aromatic carboxylic acids is 1. The molecule has 0 bridgehead atoms. The van der Waals surface area contributed by atoms with E-state index >= 15 is 0 Å². The first-order chi connectivity index (χ1) is 10.7. The molecule has 0 spiro atoms. The molecule has 0 aliphatic rings. The van der Waals surface area contributed by atoms with E-state index < -0.39 is 27.4 Å². The number of hydrogen-bond acceptors (Lipinski definition) is 4. The third-order valence-corrected chi connectivity index (χ3v) is 4.44. The van der Waals surface area contributed by atoms with Crippen LogP contribution in [0.15, 0.2) is 41.3 Å². The Kier molecular flexibility index (Phi) is 4.55. The molecular weight excluding hydrogens is 325 g/mol. The van der Waals surface area contributed by atoms with Crippen LogP contribution in [0, 0.1) is 12.7 Å². The number of rotatable bonds is 5. The predicted octanol–water partition coefficient (Wildman–Crippen LogP) is 2.64. The third kappa shape index (κ3) is 3.59. The Labute approximate surface area is 132 Å². The van der Waals surface area contributed by atoms with Crippen molar-refractivity contribution < 1.29 is 27.4 Å². The van der Waals surface area contributed by atoms with E-state index in [1.165, 1.54) is 13.2 Å². The highest BCUT2D eigenvalue weighted by Gasteiger charge is 2.20. The molecule has 2 aromatic carbocycles. The minimum Gasteiger partial charge on any atom is -0.495 e. The van der Waals surface area contributed by atoms with E-state index in [1.807, 2.05) is 6.92 Å². The molecule has 0 aromatic heterocycles. The fourth-order valence-corrected chi connectivity index (χ4v) is 3.02. The van der Waals surface area contributed by atoms with Crippen molar-refractivity contribution >= 4 is 21.7 Å². The molecule has 0 aliphatic heterocycles. The van der Waals surface area contributed by atoms with Crippen molar-refractivity contribution in [2.45, 2.75) is 11.8 Å². The van der Waals surface area contributed by atoms with E-state index in [-0.39, 0.29) is 10.6 Å². The van der Waals surface area contributed by atoms with E-state index in [9.17, 15) is 17.6 Å². The van der Waals surface area contributed by atoms with Crippen molar-refractivity contribution in [1.29, 1.82) is 0 Å². The molecule has 2 aromatic rings. The monoisotopic (exact) mass is 339 g/mol. The fourth-order valence-electron chi connectivity index (χ4n) is 1.92. The quantitative estimate of drug-likeness (QED) is 0.873. The Bertz CT molecular complexity index is 864. The van der Waals surface area contributed by atoms with Crippen molar-refractivity contribution in [3.8, 4) is 5.75 Å². The van der Waals surface area contributed by atoms with Gasteiger partial charge in [0.2, 0.25) is 0 Å². The highest BCUT2D eigenvalue weighted by atomic mass is 32.2. The highest BCUT2D eigenvalue weighted by Crippen LogP contribution is 2.28. The predicted molar refractivity (Wildman–Crippen MR) is 81.9 cm³/mol. The van der Waals surface area contributed by atoms with Gasteiger partial charge < -0.3 is 9.84 Å². The van der Waals surface area contributed by atoms with Gasteiger partial charge in [0, 0.05) is 0 Å². The molecule has 0 unspecified atom stereocenters. The lowest BCUT2D eigenvalue weighted by Crippen LogP contribution is -2.15. The van der Waals surface area contributed by atoms with Crippen molar-refractivity contribution in [3.63, 3.8) is 0 Å². The summed E-state index contributed by atoms with van der Waals surface area (Å²) < 4.78 is 45.5. The number of nitrogens with one attached hydrogen (secondary N) is 1. The first-order valence-electron chi connectivity index (χ1n) is 6.45. The number of carboxylic acids is 1. The van der Waals surface area contributed by atoms with Crippen LogP contribution in [0.5, 0.6) is 5.75 Å².